The van der Waals surface area contributed by atoms with Gasteiger partial charge < -0.3 is 19.7 Å². The van der Waals surface area contributed by atoms with Crippen LogP contribution in [-0.2, 0) is 19.1 Å². The van der Waals surface area contributed by atoms with Crippen LogP contribution in [0.15, 0.2) is 0 Å². The van der Waals surface area contributed by atoms with E-state index in [0.29, 0.717) is 12.5 Å². The molecular formula is C23H40O6. The molecule has 6 nitrogen and oxygen atoms in total. The van der Waals surface area contributed by atoms with Gasteiger partial charge in [-0.05, 0) is 96.8 Å². The molecule has 2 aliphatic rings. The quantitative estimate of drug-likeness (QED) is 0.605. The summed E-state index contributed by atoms with van der Waals surface area (Å²) in [7, 11) is 0. The zero-order chi connectivity index (χ0) is 22.0. The normalized spacial score (nSPS) is 33.2. The summed E-state index contributed by atoms with van der Waals surface area (Å²) in [6, 6.07) is 0. The molecule has 6 heteroatoms. The molecule has 2 N–H and O–H groups in total. The van der Waals surface area contributed by atoms with Crippen LogP contribution >= 0.6 is 0 Å². The third-order valence-electron chi connectivity index (χ3n) is 6.27. The number of ether oxygens (including phenoxy) is 2. The van der Waals surface area contributed by atoms with Gasteiger partial charge in [0.05, 0.1) is 23.9 Å². The van der Waals surface area contributed by atoms with E-state index in [1.165, 1.54) is 0 Å². The van der Waals surface area contributed by atoms with Crippen molar-refractivity contribution in [3.63, 3.8) is 0 Å². The predicted molar refractivity (Wildman–Crippen MR) is 111 cm³/mol. The van der Waals surface area contributed by atoms with Crippen molar-refractivity contribution in [3.8, 4) is 0 Å². The van der Waals surface area contributed by atoms with E-state index >= 15 is 0 Å². The molecule has 2 rings (SSSR count). The highest BCUT2D eigenvalue weighted by Gasteiger charge is 2.50. The maximum atomic E-state index is 11.4. The van der Waals surface area contributed by atoms with Gasteiger partial charge in [-0.2, -0.15) is 0 Å². The second-order valence-electron chi connectivity index (χ2n) is 11.1. The van der Waals surface area contributed by atoms with E-state index in [-0.39, 0.29) is 53.8 Å². The van der Waals surface area contributed by atoms with Crippen molar-refractivity contribution in [1.29, 1.82) is 0 Å². The van der Waals surface area contributed by atoms with Crippen LogP contribution in [0.25, 0.3) is 0 Å². The lowest BCUT2D eigenvalue weighted by molar-refractivity contribution is -0.168. The Hall–Kier alpha value is -1.14. The number of hydrogen-bond acceptors (Lipinski definition) is 4. The van der Waals surface area contributed by atoms with Gasteiger partial charge in [0, 0.05) is 12.8 Å². The average Bonchev–Trinajstić information content (AvgIpc) is 2.49. The summed E-state index contributed by atoms with van der Waals surface area (Å²) in [5, 5.41) is 18.7. The minimum absolute atomic E-state index is 0.0405. The number of carboxylic acid groups (broad SMARTS) is 2. The first-order chi connectivity index (χ1) is 13.2. The fourth-order valence-corrected chi connectivity index (χ4v) is 5.28. The number of rotatable bonds is 8. The molecule has 0 aromatic rings. The summed E-state index contributed by atoms with van der Waals surface area (Å²) in [4.78, 5) is 22.7. The Labute approximate surface area is 175 Å². The van der Waals surface area contributed by atoms with Crippen molar-refractivity contribution in [3.05, 3.63) is 0 Å². The number of aliphatic carboxylic acids is 2. The summed E-state index contributed by atoms with van der Waals surface area (Å²) < 4.78 is 12.5. The Morgan fingerprint density at radius 2 is 1.48 bits per heavy atom. The zero-order valence-electron chi connectivity index (χ0n) is 18.9. The first-order valence-electron chi connectivity index (χ1n) is 11.0. The van der Waals surface area contributed by atoms with E-state index < -0.39 is 11.9 Å². The summed E-state index contributed by atoms with van der Waals surface area (Å²) in [6.07, 6.45) is 3.72. The van der Waals surface area contributed by atoms with E-state index in [1.807, 2.05) is 41.5 Å². The second kappa shape index (κ2) is 9.34. The summed E-state index contributed by atoms with van der Waals surface area (Å²) in [6.45, 7) is 12.8. The molecule has 0 aromatic carbocycles. The van der Waals surface area contributed by atoms with E-state index in [2.05, 4.69) is 0 Å². The van der Waals surface area contributed by atoms with Crippen LogP contribution < -0.4 is 0 Å². The Morgan fingerprint density at radius 3 is 2.00 bits per heavy atom. The van der Waals surface area contributed by atoms with Crippen LogP contribution in [-0.4, -0.2) is 46.1 Å². The van der Waals surface area contributed by atoms with Gasteiger partial charge in [0.25, 0.3) is 0 Å². The summed E-state index contributed by atoms with van der Waals surface area (Å²) in [5.41, 5.74) is -0.520. The van der Waals surface area contributed by atoms with E-state index in [9.17, 15) is 19.8 Å². The lowest BCUT2D eigenvalue weighted by Crippen LogP contribution is -2.52. The molecule has 0 spiro atoms. The van der Waals surface area contributed by atoms with Crippen molar-refractivity contribution in [1.82, 2.24) is 0 Å². The molecule has 0 aliphatic heterocycles. The largest absolute Gasteiger partial charge is 0.481 e. The fraction of sp³-hybridized carbons (Fsp3) is 0.913. The second-order valence-corrected chi connectivity index (χ2v) is 11.1. The minimum Gasteiger partial charge on any atom is -0.481 e. The van der Waals surface area contributed by atoms with Crippen molar-refractivity contribution >= 4 is 11.9 Å². The van der Waals surface area contributed by atoms with Crippen molar-refractivity contribution in [2.24, 2.45) is 29.6 Å². The molecule has 0 heterocycles. The van der Waals surface area contributed by atoms with Crippen LogP contribution in [0.5, 0.6) is 0 Å². The van der Waals surface area contributed by atoms with Crippen LogP contribution in [0.3, 0.4) is 0 Å². The van der Waals surface area contributed by atoms with Gasteiger partial charge in [0.15, 0.2) is 0 Å². The molecule has 0 radical (unpaired) electrons. The molecule has 2 aliphatic carbocycles. The molecule has 29 heavy (non-hydrogen) atoms. The van der Waals surface area contributed by atoms with Crippen LogP contribution in [0.2, 0.25) is 0 Å². The average molecular weight is 413 g/mol. The lowest BCUT2D eigenvalue weighted by atomic mass is 9.54. The topological polar surface area (TPSA) is 93.1 Å². The van der Waals surface area contributed by atoms with Gasteiger partial charge in [0.2, 0.25) is 0 Å². The van der Waals surface area contributed by atoms with Gasteiger partial charge in [-0.3, -0.25) is 9.59 Å². The molecule has 0 saturated heterocycles. The van der Waals surface area contributed by atoms with E-state index in [4.69, 9.17) is 9.47 Å². The Morgan fingerprint density at radius 1 is 0.862 bits per heavy atom. The number of carbonyl (C=O) groups is 2. The van der Waals surface area contributed by atoms with E-state index in [0.717, 1.165) is 25.7 Å². The van der Waals surface area contributed by atoms with Crippen molar-refractivity contribution in [2.75, 3.05) is 6.61 Å². The molecule has 6 unspecified atom stereocenters. The summed E-state index contributed by atoms with van der Waals surface area (Å²) in [5.74, 6) is -0.587. The smallest absolute Gasteiger partial charge is 0.303 e. The predicted octanol–water partition coefficient (Wildman–Crippen LogP) is 4.60. The molecule has 168 valence electrons. The van der Waals surface area contributed by atoms with Crippen LogP contribution in [0.4, 0.5) is 0 Å². The maximum Gasteiger partial charge on any atom is 0.303 e. The SMILES string of the molecule is CC(C)(C)OCC1CC(CC(=O)O)C1C1CC(CC(=O)O)CCC1OC(C)(C)C. The third-order valence-corrected chi connectivity index (χ3v) is 6.27. The fourth-order valence-electron chi connectivity index (χ4n) is 5.28. The highest BCUT2D eigenvalue weighted by molar-refractivity contribution is 5.67. The highest BCUT2D eigenvalue weighted by atomic mass is 16.5. The molecule has 2 fully saturated rings. The Balaban J connectivity index is 2.21. The molecule has 0 bridgehead atoms. The van der Waals surface area contributed by atoms with Gasteiger partial charge in [0.1, 0.15) is 0 Å². The van der Waals surface area contributed by atoms with Crippen LogP contribution in [0.1, 0.15) is 80.1 Å². The molecule has 0 amide bonds. The molecule has 6 atom stereocenters. The molecule has 2 saturated carbocycles. The lowest BCUT2D eigenvalue weighted by Gasteiger charge is -2.53. The minimum atomic E-state index is -0.763. The van der Waals surface area contributed by atoms with Gasteiger partial charge in [-0.15, -0.1) is 0 Å². The van der Waals surface area contributed by atoms with Gasteiger partial charge >= 0.3 is 11.9 Å². The van der Waals surface area contributed by atoms with Gasteiger partial charge in [-0.1, -0.05) is 0 Å². The Kier molecular flexibility index (Phi) is 7.77. The number of hydrogen-bond donors (Lipinski definition) is 2. The monoisotopic (exact) mass is 412 g/mol. The first-order valence-corrected chi connectivity index (χ1v) is 11.0. The highest BCUT2D eigenvalue weighted by Crippen LogP contribution is 2.53. The van der Waals surface area contributed by atoms with E-state index in [1.54, 1.807) is 0 Å². The number of carboxylic acids is 2. The summed E-state index contributed by atoms with van der Waals surface area (Å²) >= 11 is 0. The third kappa shape index (κ3) is 7.56. The zero-order valence-corrected chi connectivity index (χ0v) is 18.9. The molecular weight excluding hydrogens is 372 g/mol. The van der Waals surface area contributed by atoms with Crippen molar-refractivity contribution in [2.45, 2.75) is 97.4 Å². The maximum absolute atomic E-state index is 11.4. The Bertz CT molecular complexity index is 573. The van der Waals surface area contributed by atoms with Crippen molar-refractivity contribution < 1.29 is 29.3 Å². The molecule has 0 aromatic heterocycles. The van der Waals surface area contributed by atoms with Crippen LogP contribution in [0, 0.1) is 29.6 Å². The van der Waals surface area contributed by atoms with Gasteiger partial charge in [-0.25, -0.2) is 0 Å². The first kappa shape index (κ1) is 24.1. The standard InChI is InChI=1S/C23H40O6/c1-22(2,3)28-13-16-11-15(12-20(26)27)21(16)17-9-14(10-19(24)25)7-8-18(17)29-23(4,5)6/h14-18,21H,7-13H2,1-6H3,(H,24,25)(H,26,27).